The predicted octanol–water partition coefficient (Wildman–Crippen LogP) is 5.22. The van der Waals surface area contributed by atoms with Crippen molar-refractivity contribution < 1.29 is 27.8 Å². The number of rotatable bonds is 8. The number of likely N-dealkylation sites (N-methyl/N-ethyl adjacent to an activating group) is 1. The topological polar surface area (TPSA) is 48.0 Å². The Balaban J connectivity index is 1.74. The molecule has 3 aromatic carbocycles. The Kier molecular flexibility index (Phi) is 6.95. The summed E-state index contributed by atoms with van der Waals surface area (Å²) in [7, 11) is 4.71. The van der Waals surface area contributed by atoms with E-state index in [4.69, 9.17) is 9.47 Å². The minimum atomic E-state index is -2.94. The van der Waals surface area contributed by atoms with Crippen molar-refractivity contribution in [3.05, 3.63) is 65.7 Å². The van der Waals surface area contributed by atoms with Crippen LogP contribution in [0.15, 0.2) is 54.6 Å². The van der Waals surface area contributed by atoms with Crippen molar-refractivity contribution in [2.75, 3.05) is 21.3 Å². The van der Waals surface area contributed by atoms with E-state index in [1.807, 2.05) is 43.3 Å². The number of amides is 1. The minimum absolute atomic E-state index is 0.0450. The predicted molar refractivity (Wildman–Crippen MR) is 115 cm³/mol. The summed E-state index contributed by atoms with van der Waals surface area (Å²) in [6.45, 7) is -0.768. The van der Waals surface area contributed by atoms with E-state index in [1.165, 1.54) is 13.2 Å². The molecule has 7 heteroatoms. The Morgan fingerprint density at radius 1 is 0.935 bits per heavy atom. The third-order valence-corrected chi connectivity index (χ3v) is 5.18. The molecule has 0 radical (unpaired) electrons. The highest BCUT2D eigenvalue weighted by molar-refractivity contribution is 5.88. The first-order valence-corrected chi connectivity index (χ1v) is 9.76. The number of carbonyl (C=O) groups excluding carboxylic acids is 1. The number of fused-ring (bicyclic) bond motifs is 1. The van der Waals surface area contributed by atoms with E-state index in [1.54, 1.807) is 31.2 Å². The first-order valence-electron chi connectivity index (χ1n) is 9.76. The fourth-order valence-electron chi connectivity index (χ4n) is 3.47. The number of methoxy groups -OCH3 is 2. The van der Waals surface area contributed by atoms with Gasteiger partial charge in [0.15, 0.2) is 11.5 Å². The molecule has 0 N–H and O–H groups in total. The van der Waals surface area contributed by atoms with Gasteiger partial charge in [-0.15, -0.1) is 0 Å². The highest BCUT2D eigenvalue weighted by Crippen LogP contribution is 2.30. The maximum atomic E-state index is 13.0. The number of alkyl halides is 2. The van der Waals surface area contributed by atoms with Crippen LogP contribution in [0.5, 0.6) is 17.2 Å². The number of carbonyl (C=O) groups is 1. The van der Waals surface area contributed by atoms with Gasteiger partial charge in [0.1, 0.15) is 5.75 Å². The normalized spacial score (nSPS) is 12.0. The van der Waals surface area contributed by atoms with Crippen LogP contribution in [-0.2, 0) is 11.3 Å². The number of halogens is 2. The molecule has 1 amide bonds. The molecule has 0 saturated carbocycles. The Bertz CT molecular complexity index is 1070. The zero-order chi connectivity index (χ0) is 22.5. The van der Waals surface area contributed by atoms with Gasteiger partial charge in [-0.25, -0.2) is 0 Å². The van der Waals surface area contributed by atoms with Gasteiger partial charge in [-0.1, -0.05) is 30.3 Å². The van der Waals surface area contributed by atoms with Gasteiger partial charge in [0, 0.05) is 13.6 Å². The van der Waals surface area contributed by atoms with Crippen molar-refractivity contribution in [2.24, 2.45) is 0 Å². The molecule has 0 heterocycles. The summed E-state index contributed by atoms with van der Waals surface area (Å²) in [5.74, 6) is 0.525. The average Bonchev–Trinajstić information content (AvgIpc) is 2.77. The van der Waals surface area contributed by atoms with E-state index >= 15 is 0 Å². The third kappa shape index (κ3) is 5.23. The van der Waals surface area contributed by atoms with Crippen molar-refractivity contribution in [1.29, 1.82) is 0 Å². The van der Waals surface area contributed by atoms with Crippen LogP contribution in [0.4, 0.5) is 8.78 Å². The van der Waals surface area contributed by atoms with Gasteiger partial charge >= 0.3 is 6.61 Å². The van der Waals surface area contributed by atoms with Crippen molar-refractivity contribution in [3.8, 4) is 17.2 Å². The number of benzene rings is 3. The Morgan fingerprint density at radius 2 is 1.65 bits per heavy atom. The Hall–Kier alpha value is -3.35. The molecule has 31 heavy (non-hydrogen) atoms. The van der Waals surface area contributed by atoms with Gasteiger partial charge in [0.2, 0.25) is 5.91 Å². The fraction of sp³-hybridized carbons (Fsp3) is 0.292. The Labute approximate surface area is 180 Å². The molecule has 0 bridgehead atoms. The summed E-state index contributed by atoms with van der Waals surface area (Å²) in [6, 6.07) is 16.4. The van der Waals surface area contributed by atoms with Crippen molar-refractivity contribution in [2.45, 2.75) is 26.0 Å². The van der Waals surface area contributed by atoms with Crippen LogP contribution >= 0.6 is 0 Å². The Morgan fingerprint density at radius 3 is 2.32 bits per heavy atom. The van der Waals surface area contributed by atoms with Crippen molar-refractivity contribution in [1.82, 2.24) is 4.90 Å². The lowest BCUT2D eigenvalue weighted by Gasteiger charge is -2.22. The summed E-state index contributed by atoms with van der Waals surface area (Å²) >= 11 is 0. The van der Waals surface area contributed by atoms with Crippen LogP contribution in [0.2, 0.25) is 0 Å². The largest absolute Gasteiger partial charge is 0.497 e. The minimum Gasteiger partial charge on any atom is -0.497 e. The molecule has 164 valence electrons. The molecule has 3 aromatic rings. The molecular formula is C24H25F2NO4. The first kappa shape index (κ1) is 22.3. The van der Waals surface area contributed by atoms with Crippen LogP contribution < -0.4 is 14.2 Å². The molecule has 0 aliphatic heterocycles. The van der Waals surface area contributed by atoms with E-state index in [0.29, 0.717) is 6.54 Å². The molecule has 0 unspecified atom stereocenters. The number of hydrogen-bond acceptors (Lipinski definition) is 4. The maximum absolute atomic E-state index is 13.0. The second-order valence-corrected chi connectivity index (χ2v) is 7.25. The highest BCUT2D eigenvalue weighted by Gasteiger charge is 2.20. The summed E-state index contributed by atoms with van der Waals surface area (Å²) in [4.78, 5) is 14.6. The number of nitrogens with zero attached hydrogens (tertiary/aromatic N) is 1. The van der Waals surface area contributed by atoms with Gasteiger partial charge in [0.05, 0.1) is 20.1 Å². The van der Waals surface area contributed by atoms with Gasteiger partial charge in [-0.3, -0.25) is 4.79 Å². The summed E-state index contributed by atoms with van der Waals surface area (Å²) in [5.41, 5.74) is 1.65. The van der Waals surface area contributed by atoms with Crippen LogP contribution in [0.3, 0.4) is 0 Å². The SMILES string of the molecule is COc1ccc2cc([C@H](C)C(=O)N(C)Cc3ccc(OC(F)F)c(OC)c3)ccc2c1. The van der Waals surface area contributed by atoms with Gasteiger partial charge in [-0.05, 0) is 53.1 Å². The fourth-order valence-corrected chi connectivity index (χ4v) is 3.47. The monoisotopic (exact) mass is 429 g/mol. The van der Waals surface area contributed by atoms with Crippen LogP contribution in [-0.4, -0.2) is 38.7 Å². The third-order valence-electron chi connectivity index (χ3n) is 5.18. The van der Waals surface area contributed by atoms with Gasteiger partial charge in [0.25, 0.3) is 0 Å². The van der Waals surface area contributed by atoms with E-state index in [2.05, 4.69) is 4.74 Å². The zero-order valence-electron chi connectivity index (χ0n) is 17.9. The average molecular weight is 429 g/mol. The maximum Gasteiger partial charge on any atom is 0.387 e. The van der Waals surface area contributed by atoms with Crippen molar-refractivity contribution in [3.63, 3.8) is 0 Å². The lowest BCUT2D eigenvalue weighted by molar-refractivity contribution is -0.131. The lowest BCUT2D eigenvalue weighted by atomic mass is 9.96. The molecule has 1 atom stereocenters. The van der Waals surface area contributed by atoms with Gasteiger partial charge in [-0.2, -0.15) is 8.78 Å². The number of ether oxygens (including phenoxy) is 3. The second-order valence-electron chi connectivity index (χ2n) is 7.25. The first-order chi connectivity index (χ1) is 14.8. The molecule has 5 nitrogen and oxygen atoms in total. The van der Waals surface area contributed by atoms with Crippen LogP contribution in [0, 0.1) is 0 Å². The number of hydrogen-bond donors (Lipinski definition) is 0. The van der Waals surface area contributed by atoms with Crippen LogP contribution in [0.25, 0.3) is 10.8 Å². The van der Waals surface area contributed by atoms with Crippen LogP contribution in [0.1, 0.15) is 24.0 Å². The molecule has 0 aromatic heterocycles. The molecule has 0 spiro atoms. The van der Waals surface area contributed by atoms with E-state index in [0.717, 1.165) is 27.6 Å². The van der Waals surface area contributed by atoms with E-state index in [9.17, 15) is 13.6 Å². The standard InChI is InChI=1S/C24H25F2NO4/c1-15(17-6-7-19-13-20(29-3)9-8-18(19)12-17)23(28)27(2)14-16-5-10-21(31-24(25)26)22(11-16)30-4/h5-13,15,24H,14H2,1-4H3/t15-/m0/s1. The molecule has 0 aliphatic carbocycles. The second kappa shape index (κ2) is 9.64. The lowest BCUT2D eigenvalue weighted by Crippen LogP contribution is -2.30. The molecule has 3 rings (SSSR count). The summed E-state index contributed by atoms with van der Waals surface area (Å²) < 4.78 is 39.8. The smallest absolute Gasteiger partial charge is 0.387 e. The quantitative estimate of drug-likeness (QED) is 0.493. The summed E-state index contributed by atoms with van der Waals surface area (Å²) in [5, 5.41) is 2.06. The zero-order valence-corrected chi connectivity index (χ0v) is 17.9. The molecular weight excluding hydrogens is 404 g/mol. The van der Waals surface area contributed by atoms with Crippen molar-refractivity contribution >= 4 is 16.7 Å². The van der Waals surface area contributed by atoms with Gasteiger partial charge < -0.3 is 19.1 Å². The molecule has 0 saturated heterocycles. The molecule has 0 aliphatic rings. The highest BCUT2D eigenvalue weighted by atomic mass is 19.3. The van der Waals surface area contributed by atoms with E-state index < -0.39 is 6.61 Å². The summed E-state index contributed by atoms with van der Waals surface area (Å²) in [6.07, 6.45) is 0. The molecule has 0 fully saturated rings. The van der Waals surface area contributed by atoms with E-state index in [-0.39, 0.29) is 23.3 Å².